The second-order valence-electron chi connectivity index (χ2n) is 11.7. The number of halogens is 2. The van der Waals surface area contributed by atoms with Crippen molar-refractivity contribution in [3.05, 3.63) is 81.6 Å². The summed E-state index contributed by atoms with van der Waals surface area (Å²) in [4.78, 5) is 16.7. The van der Waals surface area contributed by atoms with Crippen molar-refractivity contribution in [2.45, 2.75) is 87.9 Å². The van der Waals surface area contributed by atoms with Crippen molar-refractivity contribution in [1.29, 1.82) is 0 Å². The van der Waals surface area contributed by atoms with Crippen LogP contribution in [-0.2, 0) is 23.3 Å². The molecule has 244 valence electrons. The summed E-state index contributed by atoms with van der Waals surface area (Å²) in [7, 11) is 1.67. The van der Waals surface area contributed by atoms with Crippen LogP contribution >= 0.6 is 23.2 Å². The number of carbonyl (C=O) groups is 1. The third kappa shape index (κ3) is 9.02. The van der Waals surface area contributed by atoms with Crippen molar-refractivity contribution in [3.63, 3.8) is 0 Å². The summed E-state index contributed by atoms with van der Waals surface area (Å²) in [5.41, 5.74) is 4.79. The van der Waals surface area contributed by atoms with Gasteiger partial charge >= 0.3 is 0 Å². The topological polar surface area (TPSA) is 152 Å². The molecule has 45 heavy (non-hydrogen) atoms. The molecule has 11 heteroatoms. The van der Waals surface area contributed by atoms with Gasteiger partial charge in [0.05, 0.1) is 19.8 Å². The smallest absolute Gasteiger partial charge is 0.133 e. The number of nitrogens with one attached hydrogen (secondary N) is 1. The van der Waals surface area contributed by atoms with E-state index < -0.39 is 31.0 Å². The number of aryl methyl sites for hydroxylation is 1. The lowest BCUT2D eigenvalue weighted by Crippen LogP contribution is -2.45. The van der Waals surface area contributed by atoms with Gasteiger partial charge in [0.1, 0.15) is 29.8 Å². The summed E-state index contributed by atoms with van der Waals surface area (Å²) in [6.07, 6.45) is 1.56. The number of ether oxygens (including phenoxy) is 1. The molecular formula is C34H42Cl2N2O7. The summed E-state index contributed by atoms with van der Waals surface area (Å²) < 4.78 is 5.62. The summed E-state index contributed by atoms with van der Waals surface area (Å²) >= 11 is 13.4. The molecule has 0 unspecified atom stereocenters. The zero-order valence-electron chi connectivity index (χ0n) is 25.3. The molecule has 0 aliphatic heterocycles. The van der Waals surface area contributed by atoms with E-state index in [-0.39, 0.29) is 24.2 Å². The molecule has 1 saturated carbocycles. The number of hydrogen-bond donors (Lipinski definition) is 6. The Morgan fingerprint density at radius 1 is 0.956 bits per heavy atom. The Kier molecular flexibility index (Phi) is 12.8. The van der Waals surface area contributed by atoms with Crippen molar-refractivity contribution in [2.75, 3.05) is 13.7 Å². The second kappa shape index (κ2) is 16.3. The lowest BCUT2D eigenvalue weighted by molar-refractivity contribution is -0.125. The molecule has 1 aliphatic rings. The number of benzene rings is 2. The normalized spacial score (nSPS) is 16.5. The highest BCUT2D eigenvalue weighted by atomic mass is 35.5. The van der Waals surface area contributed by atoms with E-state index in [2.05, 4.69) is 16.4 Å². The number of carbonyl (C=O) groups excluding carboxylic acids is 1. The standard InChI is InChI=1S/C34H42Cl2N2O7/c1-45-31-9-5-4-8-25(31)24-12-15-37-19-26(24)34(13-14-34)38-18-22-17-27(35)21(16-28(22)36)6-2-3-7-23(40)10-11-29(41)32(43)33(44)30(42)20-39/h4-5,8-9,12,15-17,19,29-30,32-33,38-39,41-44H,2-3,6-7,10-11,13-14,18,20H2,1H3/t29-,30+,32+,33+/m0/s1. The van der Waals surface area contributed by atoms with Crippen LogP contribution in [0.4, 0.5) is 0 Å². The number of aromatic nitrogens is 1. The number of hydrogen-bond acceptors (Lipinski definition) is 9. The number of pyridine rings is 1. The van der Waals surface area contributed by atoms with Crippen LogP contribution < -0.4 is 10.1 Å². The van der Waals surface area contributed by atoms with E-state index in [0.29, 0.717) is 42.3 Å². The van der Waals surface area contributed by atoms with E-state index in [1.807, 2.05) is 42.6 Å². The maximum Gasteiger partial charge on any atom is 0.133 e. The summed E-state index contributed by atoms with van der Waals surface area (Å²) in [6, 6.07) is 13.8. The van der Waals surface area contributed by atoms with Gasteiger partial charge < -0.3 is 35.6 Å². The first-order valence-corrected chi connectivity index (χ1v) is 16.0. The summed E-state index contributed by atoms with van der Waals surface area (Å²) in [6.45, 7) is -0.220. The fourth-order valence-electron chi connectivity index (χ4n) is 5.57. The minimum atomic E-state index is -1.70. The van der Waals surface area contributed by atoms with Gasteiger partial charge in [-0.2, -0.15) is 0 Å². The van der Waals surface area contributed by atoms with Crippen LogP contribution in [0.15, 0.2) is 54.9 Å². The van der Waals surface area contributed by atoms with E-state index >= 15 is 0 Å². The minimum absolute atomic E-state index is 0.0232. The third-order valence-electron chi connectivity index (χ3n) is 8.51. The number of rotatable bonds is 18. The van der Waals surface area contributed by atoms with Crippen LogP contribution in [0.25, 0.3) is 11.1 Å². The number of ketones is 1. The Labute approximate surface area is 273 Å². The average Bonchev–Trinajstić information content (AvgIpc) is 3.86. The molecule has 1 fully saturated rings. The molecule has 0 amide bonds. The first-order valence-electron chi connectivity index (χ1n) is 15.2. The molecule has 1 aromatic heterocycles. The molecule has 6 N–H and O–H groups in total. The average molecular weight is 662 g/mol. The van der Waals surface area contributed by atoms with Crippen molar-refractivity contribution in [3.8, 4) is 16.9 Å². The molecular weight excluding hydrogens is 619 g/mol. The molecule has 0 saturated heterocycles. The van der Waals surface area contributed by atoms with Crippen LogP contribution in [-0.4, -0.2) is 74.4 Å². The highest BCUT2D eigenvalue weighted by Gasteiger charge is 2.45. The SMILES string of the molecule is COc1ccccc1-c1ccncc1C1(NCc2cc(Cl)c(CCCCC(=O)CC[C@H](O)[C@@H](O)[C@H](O)[C@H](O)CO)cc2Cl)CC1. The first-order chi connectivity index (χ1) is 21.6. The zero-order chi connectivity index (χ0) is 32.6. The monoisotopic (exact) mass is 660 g/mol. The lowest BCUT2D eigenvalue weighted by Gasteiger charge is -2.25. The van der Waals surface area contributed by atoms with Crippen LogP contribution in [0, 0.1) is 0 Å². The highest BCUT2D eigenvalue weighted by Crippen LogP contribution is 2.50. The Hall–Kier alpha value is -2.60. The molecule has 1 aliphatic carbocycles. The number of aliphatic hydroxyl groups is 5. The molecule has 0 spiro atoms. The molecule has 1 heterocycles. The molecule has 9 nitrogen and oxygen atoms in total. The van der Waals surface area contributed by atoms with Crippen LogP contribution in [0.1, 0.15) is 61.6 Å². The van der Waals surface area contributed by atoms with E-state index in [4.69, 9.17) is 33.0 Å². The highest BCUT2D eigenvalue weighted by molar-refractivity contribution is 6.34. The zero-order valence-corrected chi connectivity index (χ0v) is 26.8. The predicted molar refractivity (Wildman–Crippen MR) is 173 cm³/mol. The number of nitrogens with zero attached hydrogens (tertiary/aromatic N) is 1. The van der Waals surface area contributed by atoms with Gasteiger partial charge in [0.2, 0.25) is 0 Å². The van der Waals surface area contributed by atoms with Gasteiger partial charge in [-0.1, -0.05) is 41.4 Å². The fraction of sp³-hybridized carbons (Fsp3) is 0.471. The van der Waals surface area contributed by atoms with Gasteiger partial charge in [0.15, 0.2) is 0 Å². The summed E-state index contributed by atoms with van der Waals surface area (Å²) in [5.74, 6) is 0.724. The van der Waals surface area contributed by atoms with Gasteiger partial charge in [-0.25, -0.2) is 0 Å². The van der Waals surface area contributed by atoms with Crippen molar-refractivity contribution < 1.29 is 35.1 Å². The quantitative estimate of drug-likeness (QED) is 0.109. The molecule has 4 atom stereocenters. The Balaban J connectivity index is 1.28. The maximum absolute atomic E-state index is 12.3. The second-order valence-corrected chi connectivity index (χ2v) is 12.5. The third-order valence-corrected chi connectivity index (χ3v) is 9.22. The maximum atomic E-state index is 12.3. The molecule has 0 bridgehead atoms. The lowest BCUT2D eigenvalue weighted by atomic mass is 9.94. The number of Topliss-reactive ketones (excluding diaryl/α,β-unsaturated/α-hetero) is 1. The van der Waals surface area contributed by atoms with Crippen LogP contribution in [0.5, 0.6) is 5.75 Å². The number of unbranched alkanes of at least 4 members (excludes halogenated alkanes) is 1. The Morgan fingerprint density at radius 2 is 1.64 bits per heavy atom. The van der Waals surface area contributed by atoms with E-state index in [9.17, 15) is 25.2 Å². The van der Waals surface area contributed by atoms with Gasteiger partial charge in [-0.15, -0.1) is 0 Å². The predicted octanol–water partition coefficient (Wildman–Crippen LogP) is 4.34. The van der Waals surface area contributed by atoms with E-state index in [1.54, 1.807) is 13.3 Å². The molecule has 3 aromatic rings. The van der Waals surface area contributed by atoms with Crippen molar-refractivity contribution in [1.82, 2.24) is 10.3 Å². The van der Waals surface area contributed by atoms with E-state index in [0.717, 1.165) is 46.4 Å². The van der Waals surface area contributed by atoms with Crippen molar-refractivity contribution in [2.24, 2.45) is 0 Å². The minimum Gasteiger partial charge on any atom is -0.496 e. The van der Waals surface area contributed by atoms with Crippen LogP contribution in [0.2, 0.25) is 10.0 Å². The van der Waals surface area contributed by atoms with Crippen LogP contribution in [0.3, 0.4) is 0 Å². The summed E-state index contributed by atoms with van der Waals surface area (Å²) in [5, 5.41) is 52.8. The number of para-hydroxylation sites is 1. The number of aliphatic hydroxyl groups excluding tert-OH is 5. The van der Waals surface area contributed by atoms with Gasteiger partial charge in [0, 0.05) is 52.9 Å². The fourth-order valence-corrected chi connectivity index (χ4v) is 6.10. The molecule has 2 aromatic carbocycles. The first kappa shape index (κ1) is 35.3. The van der Waals surface area contributed by atoms with Crippen molar-refractivity contribution >= 4 is 29.0 Å². The van der Waals surface area contributed by atoms with Gasteiger partial charge in [-0.05, 0) is 85.0 Å². The number of methoxy groups -OCH3 is 1. The largest absolute Gasteiger partial charge is 0.496 e. The van der Waals surface area contributed by atoms with Gasteiger partial charge in [0.25, 0.3) is 0 Å². The Morgan fingerprint density at radius 3 is 2.36 bits per heavy atom. The Bertz CT molecular complexity index is 1440. The van der Waals surface area contributed by atoms with E-state index in [1.165, 1.54) is 0 Å². The molecule has 0 radical (unpaired) electrons. The van der Waals surface area contributed by atoms with Gasteiger partial charge in [-0.3, -0.25) is 9.78 Å². The molecule has 4 rings (SSSR count).